The van der Waals surface area contributed by atoms with E-state index in [1.165, 1.54) is 50.8 Å². The Labute approximate surface area is 183 Å². The fraction of sp³-hybridized carbons (Fsp3) is 0.652. The molecule has 1 spiro atoms. The number of hydrogen-bond donors (Lipinski definition) is 1. The Morgan fingerprint density at radius 1 is 1.29 bits per heavy atom. The van der Waals surface area contributed by atoms with Gasteiger partial charge in [0.2, 0.25) is 5.90 Å². The molecule has 0 radical (unpaired) electrons. The van der Waals surface area contributed by atoms with Crippen LogP contribution in [0.4, 0.5) is 10.2 Å². The molecule has 1 aliphatic carbocycles. The van der Waals surface area contributed by atoms with E-state index in [4.69, 9.17) is 10.5 Å². The first-order valence-corrected chi connectivity index (χ1v) is 11.5. The van der Waals surface area contributed by atoms with E-state index in [9.17, 15) is 4.39 Å². The van der Waals surface area contributed by atoms with Crippen molar-refractivity contribution in [3.63, 3.8) is 0 Å². The van der Waals surface area contributed by atoms with Crippen molar-refractivity contribution >= 4 is 17.3 Å². The van der Waals surface area contributed by atoms with E-state index in [2.05, 4.69) is 31.7 Å². The third-order valence-electron chi connectivity index (χ3n) is 7.33. The number of aromatic nitrogens is 1. The van der Waals surface area contributed by atoms with E-state index < -0.39 is 0 Å². The lowest BCUT2D eigenvalue weighted by atomic mass is 9.78. The maximum atomic E-state index is 14.1. The van der Waals surface area contributed by atoms with Gasteiger partial charge in [0.25, 0.3) is 0 Å². The Kier molecular flexibility index (Phi) is 5.60. The van der Waals surface area contributed by atoms with Crippen molar-refractivity contribution in [3.8, 4) is 0 Å². The summed E-state index contributed by atoms with van der Waals surface area (Å²) in [6.45, 7) is 7.58. The van der Waals surface area contributed by atoms with Gasteiger partial charge < -0.3 is 20.3 Å². The number of rotatable bonds is 4. The molecule has 1 atom stereocenters. The van der Waals surface area contributed by atoms with E-state index in [0.717, 1.165) is 38.4 Å². The van der Waals surface area contributed by atoms with Crippen LogP contribution in [0.5, 0.6) is 0 Å². The Hall–Kier alpha value is -2.19. The van der Waals surface area contributed by atoms with E-state index in [1.54, 1.807) is 0 Å². The summed E-state index contributed by atoms with van der Waals surface area (Å²) in [5, 5.41) is 0. The first-order chi connectivity index (χ1) is 15.1. The summed E-state index contributed by atoms with van der Waals surface area (Å²) in [7, 11) is 2.22. The zero-order chi connectivity index (χ0) is 21.4. The third kappa shape index (κ3) is 4.03. The van der Waals surface area contributed by atoms with Crippen LogP contribution in [0.3, 0.4) is 0 Å². The normalized spacial score (nSPS) is 27.2. The maximum Gasteiger partial charge on any atom is 0.218 e. The highest BCUT2D eigenvalue weighted by atomic mass is 19.1. The van der Waals surface area contributed by atoms with Crippen molar-refractivity contribution in [2.45, 2.75) is 31.7 Å². The monoisotopic (exact) mass is 428 g/mol. The van der Waals surface area contributed by atoms with Crippen molar-refractivity contribution in [2.75, 3.05) is 64.4 Å². The Morgan fingerprint density at radius 3 is 2.77 bits per heavy atom. The molecule has 3 fully saturated rings. The number of piperazine rings is 1. The summed E-state index contributed by atoms with van der Waals surface area (Å²) in [5.74, 6) is 0.871. The van der Waals surface area contributed by atoms with Gasteiger partial charge in [-0.3, -0.25) is 9.89 Å². The molecule has 0 amide bonds. The quantitative estimate of drug-likeness (QED) is 0.791. The number of hydrogen-bond acceptors (Lipinski definition) is 7. The molecule has 168 valence electrons. The lowest BCUT2D eigenvalue weighted by Crippen LogP contribution is -2.54. The summed E-state index contributed by atoms with van der Waals surface area (Å²) in [6.07, 6.45) is 7.64. The second-order valence-corrected chi connectivity index (χ2v) is 9.59. The van der Waals surface area contributed by atoms with Gasteiger partial charge in [-0.2, -0.15) is 0 Å². The average Bonchev–Trinajstić information content (AvgIpc) is 3.21. The molecule has 5 rings (SSSR count). The molecule has 1 aromatic rings. The van der Waals surface area contributed by atoms with Crippen LogP contribution in [0.1, 0.15) is 31.2 Å². The molecule has 8 heteroatoms. The molecule has 4 heterocycles. The number of nitrogens with zero attached hydrogens (tertiary/aromatic N) is 5. The molecular weight excluding hydrogens is 395 g/mol. The van der Waals surface area contributed by atoms with Gasteiger partial charge in [0, 0.05) is 70.0 Å². The van der Waals surface area contributed by atoms with E-state index in [0.29, 0.717) is 41.6 Å². The highest BCUT2D eigenvalue weighted by molar-refractivity contribution is 6.20. The van der Waals surface area contributed by atoms with Crippen LogP contribution in [0, 0.1) is 11.2 Å². The van der Waals surface area contributed by atoms with E-state index in [1.807, 2.05) is 0 Å². The molecule has 3 aliphatic heterocycles. The number of nitrogens with two attached hydrogens (primary N) is 1. The predicted octanol–water partition coefficient (Wildman–Crippen LogP) is 1.95. The third-order valence-corrected chi connectivity index (χ3v) is 7.33. The van der Waals surface area contributed by atoms with Crippen LogP contribution >= 0.6 is 0 Å². The van der Waals surface area contributed by atoms with E-state index >= 15 is 0 Å². The molecule has 0 bridgehead atoms. The molecule has 31 heavy (non-hydrogen) atoms. The smallest absolute Gasteiger partial charge is 0.218 e. The van der Waals surface area contributed by atoms with Crippen molar-refractivity contribution in [1.29, 1.82) is 0 Å². The van der Waals surface area contributed by atoms with E-state index in [-0.39, 0.29) is 5.82 Å². The number of likely N-dealkylation sites (tertiary alicyclic amines) is 1. The van der Waals surface area contributed by atoms with Crippen LogP contribution in [0.15, 0.2) is 23.5 Å². The van der Waals surface area contributed by atoms with Crippen LogP contribution in [0.25, 0.3) is 5.57 Å². The number of aliphatic imine (C=N–C) groups is 1. The number of anilines is 1. The first kappa shape index (κ1) is 20.7. The minimum atomic E-state index is -0.380. The van der Waals surface area contributed by atoms with Gasteiger partial charge in [0.05, 0.1) is 18.4 Å². The van der Waals surface area contributed by atoms with Gasteiger partial charge in [-0.15, -0.1) is 0 Å². The summed E-state index contributed by atoms with van der Waals surface area (Å²) >= 11 is 0. The highest BCUT2D eigenvalue weighted by Gasteiger charge is 2.48. The molecule has 1 aromatic heterocycles. The van der Waals surface area contributed by atoms with Crippen molar-refractivity contribution in [1.82, 2.24) is 14.8 Å². The first-order valence-electron chi connectivity index (χ1n) is 11.5. The molecule has 7 nitrogen and oxygen atoms in total. The number of ether oxygens (including phenoxy) is 1. The minimum absolute atomic E-state index is 0.380. The SMILES string of the molecule is CN1CC2(CCC(N3CCN(c4ncc(F)cc4/C(=C/N)C4=NCCCO4)CC3)C2)C1. The average molecular weight is 429 g/mol. The van der Waals surface area contributed by atoms with Crippen molar-refractivity contribution in [2.24, 2.45) is 16.1 Å². The fourth-order valence-electron chi connectivity index (χ4n) is 5.95. The molecule has 4 aliphatic rings. The van der Waals surface area contributed by atoms with Crippen LogP contribution < -0.4 is 10.6 Å². The highest BCUT2D eigenvalue weighted by Crippen LogP contribution is 2.46. The summed E-state index contributed by atoms with van der Waals surface area (Å²) < 4.78 is 19.9. The van der Waals surface area contributed by atoms with Crippen LogP contribution in [0.2, 0.25) is 0 Å². The summed E-state index contributed by atoms with van der Waals surface area (Å²) in [5.41, 5.74) is 7.79. The van der Waals surface area contributed by atoms with Crippen molar-refractivity contribution < 1.29 is 9.13 Å². The standard InChI is InChI=1S/C23H33FN6O/c1-28-15-23(16-28)4-3-18(12-23)29-6-8-30(9-7-29)21-19(11-17(24)14-27-21)20(13-25)22-26-5-2-10-31-22/h11,13-14,18H,2-10,12,15-16,25H2,1H3/b20-13-. The summed E-state index contributed by atoms with van der Waals surface area (Å²) in [6, 6.07) is 2.20. The fourth-order valence-corrected chi connectivity index (χ4v) is 5.95. The van der Waals surface area contributed by atoms with Crippen molar-refractivity contribution in [3.05, 3.63) is 29.8 Å². The van der Waals surface area contributed by atoms with Gasteiger partial charge in [-0.05, 0) is 37.8 Å². The maximum absolute atomic E-state index is 14.1. The van der Waals surface area contributed by atoms with Crippen LogP contribution in [-0.4, -0.2) is 86.2 Å². The van der Waals surface area contributed by atoms with Gasteiger partial charge in [0.15, 0.2) is 0 Å². The molecule has 1 unspecified atom stereocenters. The molecular formula is C23H33FN6O. The predicted molar refractivity (Wildman–Crippen MR) is 121 cm³/mol. The lowest BCUT2D eigenvalue weighted by molar-refractivity contribution is 0.0204. The molecule has 1 saturated carbocycles. The Bertz CT molecular complexity index is 873. The minimum Gasteiger partial charge on any atom is -0.477 e. The molecule has 0 aromatic carbocycles. The largest absolute Gasteiger partial charge is 0.477 e. The van der Waals surface area contributed by atoms with Gasteiger partial charge in [-0.25, -0.2) is 9.37 Å². The topological polar surface area (TPSA) is 70.2 Å². The second kappa shape index (κ2) is 8.39. The van der Waals surface area contributed by atoms with Crippen LogP contribution in [-0.2, 0) is 4.74 Å². The Balaban J connectivity index is 1.29. The molecule has 2 saturated heterocycles. The van der Waals surface area contributed by atoms with Gasteiger partial charge >= 0.3 is 0 Å². The second-order valence-electron chi connectivity index (χ2n) is 9.59. The Morgan fingerprint density at radius 2 is 2.10 bits per heavy atom. The van der Waals surface area contributed by atoms with Gasteiger partial charge in [-0.1, -0.05) is 0 Å². The summed E-state index contributed by atoms with van der Waals surface area (Å²) in [4.78, 5) is 16.3. The zero-order valence-electron chi connectivity index (χ0n) is 18.4. The number of halogens is 1. The zero-order valence-corrected chi connectivity index (χ0v) is 18.4. The lowest BCUT2D eigenvalue weighted by Gasteiger charge is -2.47. The van der Waals surface area contributed by atoms with Gasteiger partial charge in [0.1, 0.15) is 11.6 Å². The molecule has 2 N–H and O–H groups in total. The number of pyridine rings is 1.